The third-order valence-electron chi connectivity index (χ3n) is 8.44. The van der Waals surface area contributed by atoms with Gasteiger partial charge in [0.05, 0.1) is 6.33 Å². The summed E-state index contributed by atoms with van der Waals surface area (Å²) in [5, 5.41) is 10.0. The number of piperidine rings is 1. The van der Waals surface area contributed by atoms with Gasteiger partial charge in [0.25, 0.3) is 0 Å². The van der Waals surface area contributed by atoms with Crippen LogP contribution in [-0.2, 0) is 0 Å². The number of carbonyl (C=O) groups is 1. The SMILES string of the molecule is NC1CCC(Nc2nc(NC3CCN(C(=O)Nc4cccc(F)c4)CC3)c3ncn(C4CCCC4)c3n2)CC1. The van der Waals surface area contributed by atoms with E-state index >= 15 is 0 Å². The molecule has 0 bridgehead atoms. The number of rotatable bonds is 6. The fourth-order valence-electron chi connectivity index (χ4n) is 6.17. The van der Waals surface area contributed by atoms with E-state index in [1.54, 1.807) is 17.0 Å². The lowest BCUT2D eigenvalue weighted by molar-refractivity contribution is 0.197. The lowest BCUT2D eigenvalue weighted by Gasteiger charge is -2.32. The first kappa shape index (κ1) is 25.8. The lowest BCUT2D eigenvalue weighted by Crippen LogP contribution is -2.44. The van der Waals surface area contributed by atoms with Gasteiger partial charge in [0.15, 0.2) is 17.0 Å². The number of carbonyl (C=O) groups excluding carboxylic acids is 1. The third-order valence-corrected chi connectivity index (χ3v) is 8.44. The Labute approximate surface area is 228 Å². The van der Waals surface area contributed by atoms with Crippen LogP contribution in [0, 0.1) is 5.82 Å². The molecule has 3 fully saturated rings. The number of urea groups is 1. The zero-order valence-electron chi connectivity index (χ0n) is 22.3. The van der Waals surface area contributed by atoms with E-state index in [-0.39, 0.29) is 23.9 Å². The number of likely N-dealkylation sites (tertiary alicyclic amines) is 1. The number of imidazole rings is 1. The molecule has 39 heavy (non-hydrogen) atoms. The van der Waals surface area contributed by atoms with Gasteiger partial charge in [-0.05, 0) is 69.6 Å². The highest BCUT2D eigenvalue weighted by Gasteiger charge is 2.27. The minimum absolute atomic E-state index is 0.151. The molecule has 5 N–H and O–H groups in total. The number of fused-ring (bicyclic) bond motifs is 1. The first-order valence-electron chi connectivity index (χ1n) is 14.4. The molecule has 6 rings (SSSR count). The van der Waals surface area contributed by atoms with E-state index in [0.29, 0.717) is 36.8 Å². The van der Waals surface area contributed by atoms with E-state index in [1.807, 2.05) is 6.33 Å². The largest absolute Gasteiger partial charge is 0.365 e. The third kappa shape index (κ3) is 5.93. The fourth-order valence-corrected chi connectivity index (χ4v) is 6.17. The molecule has 2 aliphatic carbocycles. The molecule has 208 valence electrons. The average molecular weight is 536 g/mol. The van der Waals surface area contributed by atoms with Crippen LogP contribution in [0.2, 0.25) is 0 Å². The van der Waals surface area contributed by atoms with Crippen molar-refractivity contribution < 1.29 is 9.18 Å². The van der Waals surface area contributed by atoms with Crippen molar-refractivity contribution in [1.29, 1.82) is 0 Å². The van der Waals surface area contributed by atoms with E-state index in [2.05, 4.69) is 20.5 Å². The molecule has 2 amide bonds. The van der Waals surface area contributed by atoms with Gasteiger partial charge in [0.1, 0.15) is 5.82 Å². The van der Waals surface area contributed by atoms with Crippen molar-refractivity contribution in [3.63, 3.8) is 0 Å². The van der Waals surface area contributed by atoms with Crippen molar-refractivity contribution in [3.05, 3.63) is 36.4 Å². The molecular formula is C28H38FN9O. The Hall–Kier alpha value is -3.47. The van der Waals surface area contributed by atoms with Gasteiger partial charge in [-0.15, -0.1) is 0 Å². The average Bonchev–Trinajstić information content (AvgIpc) is 3.61. The number of benzene rings is 1. The monoisotopic (exact) mass is 535 g/mol. The molecule has 0 atom stereocenters. The number of hydrogen-bond donors (Lipinski definition) is 4. The van der Waals surface area contributed by atoms with Crippen molar-refractivity contribution >= 4 is 34.6 Å². The minimum atomic E-state index is -0.372. The van der Waals surface area contributed by atoms with Crippen LogP contribution in [0.4, 0.5) is 26.6 Å². The highest BCUT2D eigenvalue weighted by molar-refractivity contribution is 5.89. The summed E-state index contributed by atoms with van der Waals surface area (Å²) in [6.07, 6.45) is 12.3. The summed E-state index contributed by atoms with van der Waals surface area (Å²) in [4.78, 5) is 29.1. The Morgan fingerprint density at radius 1 is 0.949 bits per heavy atom. The second-order valence-electron chi connectivity index (χ2n) is 11.3. The minimum Gasteiger partial charge on any atom is -0.365 e. The van der Waals surface area contributed by atoms with E-state index in [1.165, 1.54) is 25.0 Å². The van der Waals surface area contributed by atoms with E-state index < -0.39 is 0 Å². The van der Waals surface area contributed by atoms with Gasteiger partial charge >= 0.3 is 6.03 Å². The maximum Gasteiger partial charge on any atom is 0.321 e. The van der Waals surface area contributed by atoms with Crippen LogP contribution < -0.4 is 21.7 Å². The standard InChI is InChI=1S/C28H38FN9O/c29-18-4-3-5-22(16-18)34-28(39)37-14-12-21(13-15-37)32-25-24-26(38(17-31-24)23-6-1-2-7-23)36-27(35-25)33-20-10-8-19(30)9-11-20/h3-5,16-17,19-21,23H,1-2,6-15,30H2,(H,34,39)(H2,32,33,35,36). The summed E-state index contributed by atoms with van der Waals surface area (Å²) in [5.41, 5.74) is 8.25. The van der Waals surface area contributed by atoms with Crippen LogP contribution in [0.25, 0.3) is 11.2 Å². The Morgan fingerprint density at radius 3 is 2.44 bits per heavy atom. The van der Waals surface area contributed by atoms with E-state index in [4.69, 9.17) is 20.7 Å². The van der Waals surface area contributed by atoms with Gasteiger partial charge < -0.3 is 31.2 Å². The molecule has 0 spiro atoms. The number of halogens is 1. The lowest BCUT2D eigenvalue weighted by atomic mass is 9.92. The van der Waals surface area contributed by atoms with Crippen LogP contribution in [0.3, 0.4) is 0 Å². The predicted molar refractivity (Wildman–Crippen MR) is 150 cm³/mol. The highest BCUT2D eigenvalue weighted by atomic mass is 19.1. The highest BCUT2D eigenvalue weighted by Crippen LogP contribution is 2.34. The number of nitrogens with zero attached hydrogens (tertiary/aromatic N) is 5. The van der Waals surface area contributed by atoms with Crippen LogP contribution in [0.15, 0.2) is 30.6 Å². The molecule has 1 saturated heterocycles. The smallest absolute Gasteiger partial charge is 0.321 e. The normalized spacial score (nSPS) is 22.8. The van der Waals surface area contributed by atoms with Gasteiger partial charge in [0.2, 0.25) is 5.95 Å². The van der Waals surface area contributed by atoms with E-state index in [9.17, 15) is 9.18 Å². The van der Waals surface area contributed by atoms with Gasteiger partial charge in [0, 0.05) is 42.9 Å². The number of aromatic nitrogens is 4. The maximum atomic E-state index is 13.5. The molecule has 1 aliphatic heterocycles. The number of anilines is 3. The van der Waals surface area contributed by atoms with Gasteiger partial charge in [-0.25, -0.2) is 14.2 Å². The molecule has 3 heterocycles. The maximum absolute atomic E-state index is 13.5. The molecule has 0 radical (unpaired) electrons. The van der Waals surface area contributed by atoms with Gasteiger partial charge in [-0.3, -0.25) is 0 Å². The Balaban J connectivity index is 1.16. The zero-order valence-corrected chi connectivity index (χ0v) is 22.3. The second kappa shape index (κ2) is 11.3. The molecule has 11 heteroatoms. The summed E-state index contributed by atoms with van der Waals surface area (Å²) < 4.78 is 15.7. The number of amides is 2. The second-order valence-corrected chi connectivity index (χ2v) is 11.3. The van der Waals surface area contributed by atoms with Crippen molar-refractivity contribution in [1.82, 2.24) is 24.4 Å². The van der Waals surface area contributed by atoms with Crippen LogP contribution >= 0.6 is 0 Å². The predicted octanol–water partition coefficient (Wildman–Crippen LogP) is 4.87. The molecule has 1 aromatic carbocycles. The first-order valence-corrected chi connectivity index (χ1v) is 14.4. The zero-order chi connectivity index (χ0) is 26.8. The van der Waals surface area contributed by atoms with Gasteiger partial charge in [-0.1, -0.05) is 18.9 Å². The first-order chi connectivity index (χ1) is 19.0. The summed E-state index contributed by atoms with van der Waals surface area (Å²) in [6, 6.07) is 6.93. The number of hydrogen-bond acceptors (Lipinski definition) is 7. The van der Waals surface area contributed by atoms with Gasteiger partial charge in [-0.2, -0.15) is 9.97 Å². The molecule has 3 aliphatic rings. The summed E-state index contributed by atoms with van der Waals surface area (Å²) in [7, 11) is 0. The Kier molecular flexibility index (Phi) is 7.49. The van der Waals surface area contributed by atoms with E-state index in [0.717, 1.165) is 68.3 Å². The molecule has 2 saturated carbocycles. The molecular weight excluding hydrogens is 497 g/mol. The summed E-state index contributed by atoms with van der Waals surface area (Å²) in [6.45, 7) is 1.19. The topological polar surface area (TPSA) is 126 Å². The molecule has 2 aromatic heterocycles. The fraction of sp³-hybridized carbons (Fsp3) is 0.571. The molecule has 10 nitrogen and oxygen atoms in total. The molecule has 3 aromatic rings. The van der Waals surface area contributed by atoms with Crippen molar-refractivity contribution in [2.75, 3.05) is 29.0 Å². The summed E-state index contributed by atoms with van der Waals surface area (Å²) in [5.74, 6) is 1.01. The molecule has 0 unspecified atom stereocenters. The van der Waals surface area contributed by atoms with Crippen LogP contribution in [0.5, 0.6) is 0 Å². The number of nitrogens with two attached hydrogens (primary N) is 1. The van der Waals surface area contributed by atoms with Crippen molar-refractivity contribution in [3.8, 4) is 0 Å². The Morgan fingerprint density at radius 2 is 1.69 bits per heavy atom. The Bertz CT molecular complexity index is 1290. The van der Waals surface area contributed by atoms with Crippen LogP contribution in [-0.4, -0.2) is 61.7 Å². The quantitative estimate of drug-likeness (QED) is 0.355. The number of nitrogens with one attached hydrogen (secondary N) is 3. The van der Waals surface area contributed by atoms with Crippen molar-refractivity contribution in [2.45, 2.75) is 88.4 Å². The van der Waals surface area contributed by atoms with Crippen LogP contribution in [0.1, 0.15) is 70.3 Å². The summed E-state index contributed by atoms with van der Waals surface area (Å²) >= 11 is 0. The van der Waals surface area contributed by atoms with Crippen molar-refractivity contribution in [2.24, 2.45) is 5.73 Å².